The number of para-hydroxylation sites is 1. The van der Waals surface area contributed by atoms with Crippen LogP contribution in [0.1, 0.15) is 22.8 Å². The second-order valence-electron chi connectivity index (χ2n) is 5.20. The van der Waals surface area contributed by atoms with Crippen molar-refractivity contribution in [2.45, 2.75) is 20.0 Å². The fourth-order valence-electron chi connectivity index (χ4n) is 1.96. The summed E-state index contributed by atoms with van der Waals surface area (Å²) in [6, 6.07) is 9.68. The van der Waals surface area contributed by atoms with Crippen molar-refractivity contribution in [2.24, 2.45) is 0 Å². The molecule has 0 spiro atoms. The standard InChI is InChI=1S/C17H16Cl2N2O3/c1-9-4-3-5-12(15(9)20)17(23)24-10(2)16(22)21-14-7-6-11(18)8-13(14)19/h3-8,10H,20H2,1-2H3,(H,21,22)/t10-/m1/s1. The van der Waals surface area contributed by atoms with Crippen LogP contribution in [0.2, 0.25) is 10.0 Å². The van der Waals surface area contributed by atoms with Gasteiger partial charge in [0.2, 0.25) is 0 Å². The van der Waals surface area contributed by atoms with Gasteiger partial charge in [-0.2, -0.15) is 0 Å². The van der Waals surface area contributed by atoms with Crippen LogP contribution in [0.4, 0.5) is 11.4 Å². The molecule has 2 rings (SSSR count). The molecule has 0 aliphatic rings. The first-order valence-electron chi connectivity index (χ1n) is 7.11. The van der Waals surface area contributed by atoms with E-state index in [0.29, 0.717) is 16.4 Å². The van der Waals surface area contributed by atoms with Crippen LogP contribution in [-0.2, 0) is 9.53 Å². The van der Waals surface area contributed by atoms with Gasteiger partial charge in [0, 0.05) is 10.7 Å². The zero-order chi connectivity index (χ0) is 17.9. The number of rotatable bonds is 4. The van der Waals surface area contributed by atoms with Crippen molar-refractivity contribution in [3.63, 3.8) is 0 Å². The molecule has 0 bridgehead atoms. The van der Waals surface area contributed by atoms with E-state index in [-0.39, 0.29) is 10.6 Å². The summed E-state index contributed by atoms with van der Waals surface area (Å²) in [7, 11) is 0. The average molecular weight is 367 g/mol. The van der Waals surface area contributed by atoms with Crippen LogP contribution < -0.4 is 11.1 Å². The van der Waals surface area contributed by atoms with Crippen molar-refractivity contribution < 1.29 is 14.3 Å². The molecular formula is C17H16Cl2N2O3. The van der Waals surface area contributed by atoms with Crippen molar-refractivity contribution in [3.05, 3.63) is 57.6 Å². The van der Waals surface area contributed by atoms with E-state index >= 15 is 0 Å². The third-order valence-electron chi connectivity index (χ3n) is 3.39. The molecule has 1 amide bonds. The van der Waals surface area contributed by atoms with Gasteiger partial charge in [0.25, 0.3) is 5.91 Å². The van der Waals surface area contributed by atoms with Crippen LogP contribution in [0, 0.1) is 6.92 Å². The van der Waals surface area contributed by atoms with Gasteiger partial charge in [0.1, 0.15) is 0 Å². The summed E-state index contributed by atoms with van der Waals surface area (Å²) in [4.78, 5) is 24.3. The van der Waals surface area contributed by atoms with Crippen molar-refractivity contribution in [2.75, 3.05) is 11.1 Å². The minimum atomic E-state index is -1.02. The fraction of sp³-hybridized carbons (Fsp3) is 0.176. The van der Waals surface area contributed by atoms with E-state index < -0.39 is 18.0 Å². The number of anilines is 2. The molecule has 0 saturated heterocycles. The van der Waals surface area contributed by atoms with E-state index in [0.717, 1.165) is 5.56 Å². The number of carbonyl (C=O) groups excluding carboxylic acids is 2. The number of halogens is 2. The molecule has 5 nitrogen and oxygen atoms in total. The predicted octanol–water partition coefficient (Wildman–Crippen LogP) is 4.07. The van der Waals surface area contributed by atoms with Crippen LogP contribution in [0.15, 0.2) is 36.4 Å². The predicted molar refractivity (Wildman–Crippen MR) is 95.6 cm³/mol. The zero-order valence-corrected chi connectivity index (χ0v) is 14.6. The van der Waals surface area contributed by atoms with Gasteiger partial charge in [-0.15, -0.1) is 0 Å². The lowest BCUT2D eigenvalue weighted by Gasteiger charge is -2.15. The largest absolute Gasteiger partial charge is 0.449 e. The van der Waals surface area contributed by atoms with Crippen LogP contribution in [0.25, 0.3) is 0 Å². The average Bonchev–Trinajstić information content (AvgIpc) is 2.52. The molecule has 0 heterocycles. The van der Waals surface area contributed by atoms with Gasteiger partial charge in [-0.1, -0.05) is 35.3 Å². The number of amides is 1. The minimum absolute atomic E-state index is 0.221. The summed E-state index contributed by atoms with van der Waals surface area (Å²) < 4.78 is 5.17. The Morgan fingerprint density at radius 1 is 1.21 bits per heavy atom. The molecule has 24 heavy (non-hydrogen) atoms. The summed E-state index contributed by atoms with van der Waals surface area (Å²) in [6.07, 6.45) is -1.02. The molecule has 3 N–H and O–H groups in total. The highest BCUT2D eigenvalue weighted by atomic mass is 35.5. The number of esters is 1. The van der Waals surface area contributed by atoms with Crippen molar-refractivity contribution in [1.29, 1.82) is 0 Å². The zero-order valence-electron chi connectivity index (χ0n) is 13.1. The van der Waals surface area contributed by atoms with Crippen LogP contribution >= 0.6 is 23.2 Å². The number of benzene rings is 2. The number of ether oxygens (including phenoxy) is 1. The van der Waals surface area contributed by atoms with Crippen molar-refractivity contribution >= 4 is 46.5 Å². The molecule has 0 unspecified atom stereocenters. The normalized spacial score (nSPS) is 11.7. The SMILES string of the molecule is Cc1cccc(C(=O)O[C@H](C)C(=O)Nc2ccc(Cl)cc2Cl)c1N. The topological polar surface area (TPSA) is 81.4 Å². The van der Waals surface area contributed by atoms with Gasteiger partial charge in [-0.25, -0.2) is 4.79 Å². The fourth-order valence-corrected chi connectivity index (χ4v) is 2.42. The number of aryl methyl sites for hydroxylation is 1. The Morgan fingerprint density at radius 3 is 2.58 bits per heavy atom. The molecule has 0 aliphatic carbocycles. The molecule has 0 saturated carbocycles. The third-order valence-corrected chi connectivity index (χ3v) is 3.93. The van der Waals surface area contributed by atoms with E-state index in [2.05, 4.69) is 5.32 Å². The summed E-state index contributed by atoms with van der Waals surface area (Å²) in [6.45, 7) is 3.24. The summed E-state index contributed by atoms with van der Waals surface area (Å²) in [5.41, 5.74) is 7.55. The maximum atomic E-state index is 12.2. The molecule has 0 radical (unpaired) electrons. The number of nitrogens with one attached hydrogen (secondary N) is 1. The van der Waals surface area contributed by atoms with Gasteiger partial charge in [0.15, 0.2) is 6.10 Å². The Bertz CT molecular complexity index is 793. The summed E-state index contributed by atoms with van der Waals surface area (Å²) >= 11 is 11.8. The first-order chi connectivity index (χ1) is 11.3. The van der Waals surface area contributed by atoms with Gasteiger partial charge in [0.05, 0.1) is 16.3 Å². The van der Waals surface area contributed by atoms with Gasteiger partial charge < -0.3 is 15.8 Å². The number of hydrogen-bond acceptors (Lipinski definition) is 4. The van der Waals surface area contributed by atoms with Crippen LogP contribution in [0.3, 0.4) is 0 Å². The number of hydrogen-bond donors (Lipinski definition) is 2. The molecule has 0 fully saturated rings. The van der Waals surface area contributed by atoms with E-state index in [1.165, 1.54) is 13.0 Å². The lowest BCUT2D eigenvalue weighted by Crippen LogP contribution is -2.30. The van der Waals surface area contributed by atoms with Crippen molar-refractivity contribution in [1.82, 2.24) is 0 Å². The molecule has 7 heteroatoms. The quantitative estimate of drug-likeness (QED) is 0.631. The monoisotopic (exact) mass is 366 g/mol. The smallest absolute Gasteiger partial charge is 0.341 e. The van der Waals surface area contributed by atoms with E-state index in [1.807, 2.05) is 0 Å². The summed E-state index contributed by atoms with van der Waals surface area (Å²) in [5.74, 6) is -1.18. The lowest BCUT2D eigenvalue weighted by molar-refractivity contribution is -0.123. The lowest BCUT2D eigenvalue weighted by atomic mass is 10.1. The molecule has 126 valence electrons. The van der Waals surface area contributed by atoms with Crippen molar-refractivity contribution in [3.8, 4) is 0 Å². The van der Waals surface area contributed by atoms with Crippen LogP contribution in [0.5, 0.6) is 0 Å². The first kappa shape index (κ1) is 18.1. The molecule has 2 aromatic rings. The highest BCUT2D eigenvalue weighted by molar-refractivity contribution is 6.36. The Labute approximate surface area is 149 Å². The second kappa shape index (κ2) is 7.55. The Balaban J connectivity index is 2.06. The maximum Gasteiger partial charge on any atom is 0.341 e. The van der Waals surface area contributed by atoms with Gasteiger partial charge >= 0.3 is 5.97 Å². The molecule has 1 atom stereocenters. The minimum Gasteiger partial charge on any atom is -0.449 e. The first-order valence-corrected chi connectivity index (χ1v) is 7.87. The highest BCUT2D eigenvalue weighted by Gasteiger charge is 2.21. The van der Waals surface area contributed by atoms with Gasteiger partial charge in [-0.3, -0.25) is 4.79 Å². The Kier molecular flexibility index (Phi) is 5.70. The Hall–Kier alpha value is -2.24. The summed E-state index contributed by atoms with van der Waals surface area (Å²) in [5, 5.41) is 3.32. The second-order valence-corrected chi connectivity index (χ2v) is 6.04. The van der Waals surface area contributed by atoms with E-state index in [4.69, 9.17) is 33.7 Å². The van der Waals surface area contributed by atoms with E-state index in [1.54, 1.807) is 37.3 Å². The van der Waals surface area contributed by atoms with Crippen LogP contribution in [-0.4, -0.2) is 18.0 Å². The number of nitrogen functional groups attached to an aromatic ring is 1. The van der Waals surface area contributed by atoms with E-state index in [9.17, 15) is 9.59 Å². The highest BCUT2D eigenvalue weighted by Crippen LogP contribution is 2.25. The molecular weight excluding hydrogens is 351 g/mol. The maximum absolute atomic E-state index is 12.2. The molecule has 0 aliphatic heterocycles. The number of nitrogens with two attached hydrogens (primary N) is 1. The molecule has 0 aromatic heterocycles. The number of carbonyl (C=O) groups is 2. The Morgan fingerprint density at radius 2 is 1.92 bits per heavy atom. The third kappa shape index (κ3) is 4.19. The molecule has 2 aromatic carbocycles. The van der Waals surface area contributed by atoms with Gasteiger partial charge in [-0.05, 0) is 43.7 Å².